The van der Waals surface area contributed by atoms with Crippen LogP contribution >= 0.6 is 0 Å². The van der Waals surface area contributed by atoms with E-state index in [1.807, 2.05) is 91.0 Å². The minimum atomic E-state index is -0.700. The molecule has 0 amide bonds. The first-order chi connectivity index (χ1) is 33.7. The Morgan fingerprint density at radius 1 is 0.478 bits per heavy atom. The molecule has 0 saturated heterocycles. The van der Waals surface area contributed by atoms with Crippen molar-refractivity contribution in [1.82, 2.24) is 4.40 Å². The van der Waals surface area contributed by atoms with E-state index in [4.69, 9.17) is 37.6 Å². The number of aryl methyl sites for hydroxylation is 3. The molecule has 0 atom stereocenters. The van der Waals surface area contributed by atoms with Gasteiger partial charge in [0.2, 0.25) is 5.75 Å². The van der Waals surface area contributed by atoms with E-state index < -0.39 is 23.5 Å². The molecule has 9 aromatic rings. The number of esters is 3. The predicted molar refractivity (Wildman–Crippen MR) is 261 cm³/mol. The smallest absolute Gasteiger partial charge is 0.361 e. The molecule has 3 heterocycles. The van der Waals surface area contributed by atoms with E-state index in [-0.39, 0.29) is 70.6 Å². The van der Waals surface area contributed by atoms with Crippen molar-refractivity contribution in [1.29, 1.82) is 0 Å². The van der Waals surface area contributed by atoms with Crippen molar-refractivity contribution in [2.45, 2.75) is 38.5 Å². The molecule has 0 radical (unpaired) electrons. The second-order valence-electron chi connectivity index (χ2n) is 16.2. The van der Waals surface area contributed by atoms with E-state index in [0.29, 0.717) is 57.5 Å². The first kappa shape index (κ1) is 45.6. The van der Waals surface area contributed by atoms with Crippen LogP contribution in [0.4, 0.5) is 0 Å². The van der Waals surface area contributed by atoms with Gasteiger partial charge in [-0.1, -0.05) is 97.1 Å². The molecular formula is C56H47NO12. The molecule has 69 heavy (non-hydrogen) atoms. The van der Waals surface area contributed by atoms with Crippen LogP contribution in [-0.4, -0.2) is 50.7 Å². The quantitative estimate of drug-likeness (QED) is 0.0486. The van der Waals surface area contributed by atoms with Gasteiger partial charge < -0.3 is 42.0 Å². The summed E-state index contributed by atoms with van der Waals surface area (Å²) < 4.78 is 49.1. The highest BCUT2D eigenvalue weighted by Gasteiger charge is 2.28. The monoisotopic (exact) mass is 925 g/mol. The molecule has 348 valence electrons. The van der Waals surface area contributed by atoms with Gasteiger partial charge in [0.15, 0.2) is 34.5 Å². The Morgan fingerprint density at radius 2 is 1.00 bits per heavy atom. The third kappa shape index (κ3) is 9.39. The Bertz CT molecular complexity index is 3440. The molecule has 0 saturated carbocycles. The van der Waals surface area contributed by atoms with Gasteiger partial charge in [0, 0.05) is 58.6 Å². The molecule has 0 aliphatic rings. The first-order valence-corrected chi connectivity index (χ1v) is 22.3. The second-order valence-corrected chi connectivity index (χ2v) is 16.2. The van der Waals surface area contributed by atoms with Crippen molar-refractivity contribution in [2.75, 3.05) is 28.4 Å². The van der Waals surface area contributed by atoms with Gasteiger partial charge in [0.25, 0.3) is 0 Å². The summed E-state index contributed by atoms with van der Waals surface area (Å²) in [5, 5.41) is 1.89. The van der Waals surface area contributed by atoms with Gasteiger partial charge in [-0.05, 0) is 71.8 Å². The molecule has 13 heteroatoms. The Balaban J connectivity index is 1.22. The molecule has 0 unspecified atom stereocenters. The lowest BCUT2D eigenvalue weighted by Crippen LogP contribution is -2.11. The number of nitrogens with zero attached hydrogens (tertiary/aromatic N) is 1. The number of fused-ring (bicyclic) bond motifs is 7. The number of hydrogen-bond acceptors (Lipinski definition) is 12. The lowest BCUT2D eigenvalue weighted by Gasteiger charge is -2.17. The van der Waals surface area contributed by atoms with Gasteiger partial charge in [0.05, 0.1) is 34.0 Å². The van der Waals surface area contributed by atoms with Gasteiger partial charge in [-0.25, -0.2) is 4.79 Å². The molecule has 0 aliphatic carbocycles. The number of aromatic nitrogens is 1. The average Bonchev–Trinajstić information content (AvgIpc) is 3.74. The van der Waals surface area contributed by atoms with Crippen LogP contribution in [0.3, 0.4) is 0 Å². The third-order valence-corrected chi connectivity index (χ3v) is 11.9. The summed E-state index contributed by atoms with van der Waals surface area (Å²) in [5.41, 5.74) is 4.10. The van der Waals surface area contributed by atoms with E-state index in [9.17, 15) is 19.2 Å². The van der Waals surface area contributed by atoms with Crippen molar-refractivity contribution in [3.63, 3.8) is 0 Å². The fraction of sp³-hybridized carbons (Fsp3) is 0.179. The summed E-state index contributed by atoms with van der Waals surface area (Å²) in [6, 6.07) is 40.6. The first-order valence-electron chi connectivity index (χ1n) is 22.3. The lowest BCUT2D eigenvalue weighted by molar-refractivity contribution is -0.135. The highest BCUT2D eigenvalue weighted by Crippen LogP contribution is 2.50. The van der Waals surface area contributed by atoms with Crippen LogP contribution in [-0.2, 0) is 33.6 Å². The summed E-state index contributed by atoms with van der Waals surface area (Å²) in [6.07, 6.45) is 3.39. The minimum absolute atomic E-state index is 0.0666. The summed E-state index contributed by atoms with van der Waals surface area (Å²) in [4.78, 5) is 54.6. The van der Waals surface area contributed by atoms with Gasteiger partial charge in [-0.15, -0.1) is 0 Å². The van der Waals surface area contributed by atoms with Crippen molar-refractivity contribution in [3.8, 4) is 51.4 Å². The maximum atomic E-state index is 14.5. The fourth-order valence-electron chi connectivity index (χ4n) is 8.64. The van der Waals surface area contributed by atoms with Crippen LogP contribution in [0.2, 0.25) is 0 Å². The Kier molecular flexibility index (Phi) is 13.3. The SMILES string of the molecule is COc1cc(-c2c3c4cc(OC)c(OC(=O)CCc5ccccc5)cc4oc(=O)c3n3ccc4c(OC(=O)CCc5ccccc5)c(OC)c(OC)cc4c23)ccc1OC(=O)CCc1ccccc1. The Morgan fingerprint density at radius 3 is 1.55 bits per heavy atom. The van der Waals surface area contributed by atoms with E-state index in [1.165, 1.54) is 34.5 Å². The zero-order chi connectivity index (χ0) is 48.0. The number of carbonyl (C=O) groups excluding carboxylic acids is 3. The second kappa shape index (κ2) is 20.1. The van der Waals surface area contributed by atoms with Gasteiger partial charge in [0.1, 0.15) is 11.1 Å². The molecule has 13 nitrogen and oxygen atoms in total. The van der Waals surface area contributed by atoms with Crippen molar-refractivity contribution < 1.29 is 52.0 Å². The summed E-state index contributed by atoms with van der Waals surface area (Å²) >= 11 is 0. The van der Waals surface area contributed by atoms with Crippen molar-refractivity contribution in [2.24, 2.45) is 0 Å². The zero-order valence-corrected chi connectivity index (χ0v) is 38.4. The van der Waals surface area contributed by atoms with E-state index in [2.05, 4.69) is 0 Å². The topological polar surface area (TPSA) is 150 Å². The largest absolute Gasteiger partial charge is 0.493 e. The molecular weight excluding hydrogens is 879 g/mol. The highest BCUT2D eigenvalue weighted by molar-refractivity contribution is 6.22. The van der Waals surface area contributed by atoms with Gasteiger partial charge in [-0.2, -0.15) is 0 Å². The maximum absolute atomic E-state index is 14.5. The maximum Gasteiger partial charge on any atom is 0.361 e. The number of ether oxygens (including phenoxy) is 7. The molecule has 0 aliphatic heterocycles. The molecule has 0 fully saturated rings. The van der Waals surface area contributed by atoms with Crippen LogP contribution in [0.1, 0.15) is 36.0 Å². The van der Waals surface area contributed by atoms with Crippen LogP contribution in [0.5, 0.6) is 40.2 Å². The van der Waals surface area contributed by atoms with Crippen LogP contribution in [0, 0.1) is 0 Å². The van der Waals surface area contributed by atoms with Gasteiger partial charge >= 0.3 is 23.5 Å². The zero-order valence-electron chi connectivity index (χ0n) is 38.4. The summed E-state index contributed by atoms with van der Waals surface area (Å²) in [6.45, 7) is 0. The van der Waals surface area contributed by atoms with Gasteiger partial charge in [-0.3, -0.25) is 14.4 Å². The Hall–Kier alpha value is -8.58. The van der Waals surface area contributed by atoms with Crippen LogP contribution < -0.4 is 38.8 Å². The summed E-state index contributed by atoms with van der Waals surface area (Å²) in [7, 11) is 5.86. The fourth-order valence-corrected chi connectivity index (χ4v) is 8.64. The summed E-state index contributed by atoms with van der Waals surface area (Å²) in [5.74, 6) is -0.162. The standard InChI is InChI=1S/C56H47NO12/c1-62-43-30-37(23-24-41(43)66-47(58)25-20-34-14-8-5-9-15-34)50-51-40-32-44(63-2)45(67-48(59)26-21-35-16-10-6-11-17-35)33-42(40)68-56(61)53(51)57-29-28-38-39(52(50)57)31-46(64-3)55(65-4)54(38)69-49(60)27-22-36-18-12-7-13-19-36/h5-19,23-24,28-33H,20-22,25-27H2,1-4H3. The molecule has 0 spiro atoms. The normalized spacial score (nSPS) is 11.2. The van der Waals surface area contributed by atoms with Crippen molar-refractivity contribution >= 4 is 56.1 Å². The van der Waals surface area contributed by atoms with Crippen LogP contribution in [0.15, 0.2) is 149 Å². The number of methoxy groups -OCH3 is 4. The predicted octanol–water partition coefficient (Wildman–Crippen LogP) is 10.7. The molecule has 3 aromatic heterocycles. The van der Waals surface area contributed by atoms with E-state index in [1.54, 1.807) is 47.0 Å². The average molecular weight is 926 g/mol. The Labute approximate surface area is 396 Å². The third-order valence-electron chi connectivity index (χ3n) is 11.9. The molecule has 6 aromatic carbocycles. The number of hydrogen-bond donors (Lipinski definition) is 0. The molecule has 0 N–H and O–H groups in total. The number of benzene rings is 6. The highest BCUT2D eigenvalue weighted by atomic mass is 16.6. The molecule has 0 bridgehead atoms. The number of rotatable bonds is 17. The van der Waals surface area contributed by atoms with E-state index in [0.717, 1.165) is 16.7 Å². The number of pyridine rings is 1. The van der Waals surface area contributed by atoms with E-state index >= 15 is 0 Å². The molecule has 9 rings (SSSR count). The lowest BCUT2D eigenvalue weighted by atomic mass is 9.97. The number of carbonyl (C=O) groups is 3. The minimum Gasteiger partial charge on any atom is -0.493 e. The van der Waals surface area contributed by atoms with Crippen LogP contribution in [0.25, 0.3) is 49.3 Å². The van der Waals surface area contributed by atoms with Crippen molar-refractivity contribution in [3.05, 3.63) is 167 Å².